The number of rotatable bonds is 3. The van der Waals surface area contributed by atoms with Gasteiger partial charge in [0.2, 0.25) is 10.0 Å². The van der Waals surface area contributed by atoms with E-state index in [1.165, 1.54) is 15.8 Å². The first-order valence-electron chi connectivity index (χ1n) is 6.04. The van der Waals surface area contributed by atoms with Crippen molar-refractivity contribution in [1.29, 1.82) is 0 Å². The van der Waals surface area contributed by atoms with Gasteiger partial charge in [-0.05, 0) is 24.3 Å². The fourth-order valence-electron chi connectivity index (χ4n) is 2.05. The monoisotopic (exact) mass is 303 g/mol. The molecule has 0 aliphatic carbocycles. The number of hydrogen-bond acceptors (Lipinski definition) is 4. The molecule has 7 heteroatoms. The van der Waals surface area contributed by atoms with E-state index >= 15 is 0 Å². The molecule has 106 valence electrons. The molecule has 1 saturated heterocycles. The van der Waals surface area contributed by atoms with Crippen LogP contribution in [0.2, 0.25) is 0 Å². The normalized spacial score (nSPS) is 20.3. The topological polar surface area (TPSA) is 74.7 Å². The minimum absolute atomic E-state index is 0.0518. The number of carboxylic acid groups (broad SMARTS) is 1. The van der Waals surface area contributed by atoms with Crippen LogP contribution in [0.1, 0.15) is 36.4 Å². The smallest absolute Gasteiger partial charge is 0.345 e. The van der Waals surface area contributed by atoms with Gasteiger partial charge in [-0.1, -0.05) is 13.8 Å². The van der Waals surface area contributed by atoms with Crippen molar-refractivity contribution in [3.8, 4) is 0 Å². The quantitative estimate of drug-likeness (QED) is 0.929. The summed E-state index contributed by atoms with van der Waals surface area (Å²) in [4.78, 5) is 10.9. The van der Waals surface area contributed by atoms with Crippen molar-refractivity contribution in [3.63, 3.8) is 0 Å². The van der Waals surface area contributed by atoms with E-state index in [0.29, 0.717) is 13.1 Å². The van der Waals surface area contributed by atoms with Crippen LogP contribution in [0.5, 0.6) is 0 Å². The van der Waals surface area contributed by atoms with Crippen LogP contribution in [0.4, 0.5) is 0 Å². The summed E-state index contributed by atoms with van der Waals surface area (Å²) in [5.41, 5.74) is 0.174. The number of hydrogen-bond donors (Lipinski definition) is 1. The molecule has 5 nitrogen and oxygen atoms in total. The SMILES string of the molecule is CC1(C)CCN(S(=O)(=O)c2csc(C(=O)O)c2)CC1. The number of nitrogens with zero attached hydrogens (tertiary/aromatic N) is 1. The maximum absolute atomic E-state index is 12.4. The predicted molar refractivity (Wildman–Crippen MR) is 73.1 cm³/mol. The maximum Gasteiger partial charge on any atom is 0.345 e. The molecule has 0 spiro atoms. The summed E-state index contributed by atoms with van der Waals surface area (Å²) in [5.74, 6) is -1.09. The average molecular weight is 303 g/mol. The number of carboxylic acids is 1. The van der Waals surface area contributed by atoms with E-state index < -0.39 is 16.0 Å². The van der Waals surface area contributed by atoms with Gasteiger partial charge in [0.15, 0.2) is 0 Å². The van der Waals surface area contributed by atoms with Gasteiger partial charge in [0.25, 0.3) is 0 Å². The third-order valence-corrected chi connectivity index (χ3v) is 6.44. The molecule has 0 unspecified atom stereocenters. The third-order valence-electron chi connectivity index (χ3n) is 3.50. The van der Waals surface area contributed by atoms with E-state index in [-0.39, 0.29) is 15.2 Å². The summed E-state index contributed by atoms with van der Waals surface area (Å²) >= 11 is 0.943. The van der Waals surface area contributed by atoms with Gasteiger partial charge < -0.3 is 5.11 Å². The predicted octanol–water partition coefficient (Wildman–Crippen LogP) is 2.26. The Morgan fingerprint density at radius 2 is 1.95 bits per heavy atom. The van der Waals surface area contributed by atoms with Gasteiger partial charge in [0, 0.05) is 18.5 Å². The van der Waals surface area contributed by atoms with Crippen molar-refractivity contribution >= 4 is 27.3 Å². The van der Waals surface area contributed by atoms with Crippen LogP contribution in [0.15, 0.2) is 16.3 Å². The number of sulfonamides is 1. The lowest BCUT2D eigenvalue weighted by Gasteiger charge is -2.35. The van der Waals surface area contributed by atoms with E-state index in [4.69, 9.17) is 5.11 Å². The molecule has 0 radical (unpaired) electrons. The second-order valence-corrected chi connectivity index (χ2v) is 8.37. The van der Waals surface area contributed by atoms with Gasteiger partial charge in [-0.3, -0.25) is 0 Å². The summed E-state index contributed by atoms with van der Waals surface area (Å²) in [7, 11) is -3.54. The highest BCUT2D eigenvalue weighted by atomic mass is 32.2. The molecule has 0 aromatic carbocycles. The van der Waals surface area contributed by atoms with Gasteiger partial charge >= 0.3 is 5.97 Å². The molecule has 0 atom stereocenters. The van der Waals surface area contributed by atoms with Crippen molar-refractivity contribution in [2.75, 3.05) is 13.1 Å². The Labute approximate surface area is 116 Å². The fourth-order valence-corrected chi connectivity index (χ4v) is 4.59. The zero-order valence-corrected chi connectivity index (χ0v) is 12.6. The molecule has 1 aromatic rings. The van der Waals surface area contributed by atoms with E-state index in [9.17, 15) is 13.2 Å². The number of thiophene rings is 1. The number of aromatic carboxylic acids is 1. The molecule has 2 heterocycles. The summed E-state index contributed by atoms with van der Waals surface area (Å²) in [6.45, 7) is 5.25. The van der Waals surface area contributed by atoms with E-state index in [1.54, 1.807) is 0 Å². The maximum atomic E-state index is 12.4. The van der Waals surface area contributed by atoms with E-state index in [0.717, 1.165) is 24.2 Å². The minimum Gasteiger partial charge on any atom is -0.477 e. The lowest BCUT2D eigenvalue weighted by molar-refractivity contribution is 0.0702. The fraction of sp³-hybridized carbons (Fsp3) is 0.583. The van der Waals surface area contributed by atoms with Gasteiger partial charge in [-0.25, -0.2) is 13.2 Å². The number of piperidine rings is 1. The highest BCUT2D eigenvalue weighted by molar-refractivity contribution is 7.89. The van der Waals surface area contributed by atoms with Crippen LogP contribution in [0.3, 0.4) is 0 Å². The molecule has 0 bridgehead atoms. The lowest BCUT2D eigenvalue weighted by atomic mass is 9.83. The molecule has 0 saturated carbocycles. The molecule has 1 aromatic heterocycles. The Bertz CT molecular complexity index is 579. The van der Waals surface area contributed by atoms with Crippen LogP contribution < -0.4 is 0 Å². The van der Waals surface area contributed by atoms with E-state index in [1.807, 2.05) is 0 Å². The first-order chi connectivity index (χ1) is 8.72. The number of carbonyl (C=O) groups is 1. The van der Waals surface area contributed by atoms with Crippen LogP contribution in [0, 0.1) is 5.41 Å². The van der Waals surface area contributed by atoms with Crippen molar-refractivity contribution in [1.82, 2.24) is 4.31 Å². The molecular weight excluding hydrogens is 286 g/mol. The van der Waals surface area contributed by atoms with Gasteiger partial charge in [0.1, 0.15) is 4.88 Å². The first kappa shape index (κ1) is 14.5. The second-order valence-electron chi connectivity index (χ2n) is 5.52. The molecule has 1 aliphatic heterocycles. The lowest BCUT2D eigenvalue weighted by Crippen LogP contribution is -2.40. The Hall–Kier alpha value is -0.920. The zero-order valence-electron chi connectivity index (χ0n) is 10.9. The van der Waals surface area contributed by atoms with Crippen LogP contribution in [-0.4, -0.2) is 36.9 Å². The van der Waals surface area contributed by atoms with Crippen LogP contribution in [0.25, 0.3) is 0 Å². The molecule has 0 amide bonds. The first-order valence-corrected chi connectivity index (χ1v) is 8.36. The Balaban J connectivity index is 2.20. The summed E-state index contributed by atoms with van der Waals surface area (Å²) in [6.07, 6.45) is 1.64. The van der Waals surface area contributed by atoms with E-state index in [2.05, 4.69) is 13.8 Å². The summed E-state index contributed by atoms with van der Waals surface area (Å²) in [6, 6.07) is 1.24. The highest BCUT2D eigenvalue weighted by Gasteiger charge is 2.33. The molecule has 2 rings (SSSR count). The molecule has 1 N–H and O–H groups in total. The van der Waals surface area contributed by atoms with Crippen LogP contribution >= 0.6 is 11.3 Å². The summed E-state index contributed by atoms with van der Waals surface area (Å²) in [5, 5.41) is 10.2. The van der Waals surface area contributed by atoms with Gasteiger partial charge in [-0.2, -0.15) is 4.31 Å². The average Bonchev–Trinajstić information content (AvgIpc) is 2.78. The third kappa shape index (κ3) is 2.98. The zero-order chi connectivity index (χ0) is 14.3. The molecule has 19 heavy (non-hydrogen) atoms. The highest BCUT2D eigenvalue weighted by Crippen LogP contribution is 2.33. The Morgan fingerprint density at radius 3 is 2.42 bits per heavy atom. The minimum atomic E-state index is -3.54. The largest absolute Gasteiger partial charge is 0.477 e. The molecule has 1 fully saturated rings. The standard InChI is InChI=1S/C12H17NO4S2/c1-12(2)3-5-13(6-4-12)19(16,17)9-7-10(11(14)15)18-8-9/h7-8H,3-6H2,1-2H3,(H,14,15). The van der Waals surface area contributed by atoms with Crippen molar-refractivity contribution in [2.24, 2.45) is 5.41 Å². The van der Waals surface area contributed by atoms with Crippen molar-refractivity contribution < 1.29 is 18.3 Å². The van der Waals surface area contributed by atoms with Crippen molar-refractivity contribution in [3.05, 3.63) is 16.3 Å². The van der Waals surface area contributed by atoms with Gasteiger partial charge in [-0.15, -0.1) is 11.3 Å². The Kier molecular flexibility index (Phi) is 3.72. The molecule has 1 aliphatic rings. The summed E-state index contributed by atoms with van der Waals surface area (Å²) < 4.78 is 26.2. The van der Waals surface area contributed by atoms with Crippen molar-refractivity contribution in [2.45, 2.75) is 31.6 Å². The molecular formula is C12H17NO4S2. The van der Waals surface area contributed by atoms with Crippen LogP contribution in [-0.2, 0) is 10.0 Å². The van der Waals surface area contributed by atoms with Gasteiger partial charge in [0.05, 0.1) is 4.90 Å². The Morgan fingerprint density at radius 1 is 1.37 bits per heavy atom. The second kappa shape index (κ2) is 4.88.